The zero-order valence-electron chi connectivity index (χ0n) is 27.0. The summed E-state index contributed by atoms with van der Waals surface area (Å²) in [6, 6.07) is 48.7. The Bertz CT molecular complexity index is 2700. The summed E-state index contributed by atoms with van der Waals surface area (Å²) in [4.78, 5) is 22.8. The highest BCUT2D eigenvalue weighted by atomic mass is 32.1. The SMILES string of the molecule is Cn1c(=O)n(C)c2cc(-c3cccc(C4=NC(c5cccc(-c6ccc7sc8ccccc8c7c6)c5)=NC(c5ccccc5)N4)c3)ccc21. The first-order chi connectivity index (χ1) is 24.0. The van der Waals surface area contributed by atoms with Gasteiger partial charge < -0.3 is 5.32 Å². The molecule has 7 heteroatoms. The van der Waals surface area contributed by atoms with Gasteiger partial charge in [-0.15, -0.1) is 11.3 Å². The number of nitrogens with zero attached hydrogens (tertiary/aromatic N) is 4. The molecule has 49 heavy (non-hydrogen) atoms. The lowest BCUT2D eigenvalue weighted by molar-refractivity contribution is 0.674. The van der Waals surface area contributed by atoms with Crippen LogP contribution in [0.15, 0.2) is 154 Å². The minimum atomic E-state index is -0.306. The van der Waals surface area contributed by atoms with Gasteiger partial charge in [0.1, 0.15) is 12.0 Å². The summed E-state index contributed by atoms with van der Waals surface area (Å²) in [7, 11) is 3.62. The third-order valence-corrected chi connectivity index (χ3v) is 10.6. The number of thiophene rings is 1. The molecule has 0 amide bonds. The Kier molecular flexibility index (Phi) is 6.88. The van der Waals surface area contributed by atoms with E-state index in [1.807, 2.05) is 42.6 Å². The number of aromatic nitrogens is 2. The smallest absolute Gasteiger partial charge is 0.328 e. The Hall–Kier alpha value is -6.05. The van der Waals surface area contributed by atoms with E-state index in [1.54, 1.807) is 16.2 Å². The fraction of sp³-hybridized carbons (Fsp3) is 0.0714. The Morgan fingerprint density at radius 2 is 1.20 bits per heavy atom. The third-order valence-electron chi connectivity index (χ3n) is 9.43. The van der Waals surface area contributed by atoms with E-state index in [1.165, 1.54) is 20.2 Å². The van der Waals surface area contributed by atoms with E-state index >= 15 is 0 Å². The van der Waals surface area contributed by atoms with Crippen molar-refractivity contribution in [2.24, 2.45) is 24.1 Å². The number of nitrogens with one attached hydrogen (secondary N) is 1. The first-order valence-corrected chi connectivity index (χ1v) is 17.1. The van der Waals surface area contributed by atoms with Gasteiger partial charge in [-0.25, -0.2) is 14.8 Å². The number of amidine groups is 2. The molecule has 0 spiro atoms. The number of benzene rings is 6. The predicted octanol–water partition coefficient (Wildman–Crippen LogP) is 9.07. The van der Waals surface area contributed by atoms with Gasteiger partial charge >= 0.3 is 5.69 Å². The first-order valence-electron chi connectivity index (χ1n) is 16.3. The van der Waals surface area contributed by atoms with Gasteiger partial charge in [-0.2, -0.15) is 0 Å². The van der Waals surface area contributed by atoms with Crippen molar-refractivity contribution in [1.82, 2.24) is 14.5 Å². The van der Waals surface area contributed by atoms with Crippen molar-refractivity contribution in [2.45, 2.75) is 6.17 Å². The van der Waals surface area contributed by atoms with Gasteiger partial charge in [-0.3, -0.25) is 9.13 Å². The summed E-state index contributed by atoms with van der Waals surface area (Å²) in [6.45, 7) is 0. The number of aliphatic imine (C=N–C) groups is 2. The summed E-state index contributed by atoms with van der Waals surface area (Å²) < 4.78 is 5.96. The summed E-state index contributed by atoms with van der Waals surface area (Å²) >= 11 is 1.83. The van der Waals surface area contributed by atoms with Crippen LogP contribution in [0.5, 0.6) is 0 Å². The molecule has 236 valence electrons. The first kappa shape index (κ1) is 29.1. The minimum Gasteiger partial charge on any atom is -0.344 e. The van der Waals surface area contributed by atoms with Gasteiger partial charge in [0.15, 0.2) is 5.84 Å². The second kappa shape index (κ2) is 11.6. The van der Waals surface area contributed by atoms with Crippen LogP contribution >= 0.6 is 11.3 Å². The van der Waals surface area contributed by atoms with E-state index in [9.17, 15) is 4.79 Å². The van der Waals surface area contributed by atoms with Crippen molar-refractivity contribution in [3.8, 4) is 22.3 Å². The van der Waals surface area contributed by atoms with Crippen LogP contribution in [0, 0.1) is 0 Å². The van der Waals surface area contributed by atoms with Crippen molar-refractivity contribution in [3.63, 3.8) is 0 Å². The molecule has 0 bridgehead atoms. The largest absolute Gasteiger partial charge is 0.344 e. The maximum atomic E-state index is 12.6. The molecule has 3 heterocycles. The van der Waals surface area contributed by atoms with Gasteiger partial charge in [0.2, 0.25) is 0 Å². The summed E-state index contributed by atoms with van der Waals surface area (Å²) in [5.74, 6) is 1.43. The Morgan fingerprint density at radius 1 is 0.571 bits per heavy atom. The van der Waals surface area contributed by atoms with Crippen LogP contribution < -0.4 is 11.0 Å². The molecule has 6 nitrogen and oxygen atoms in total. The summed E-state index contributed by atoms with van der Waals surface area (Å²) in [5.41, 5.74) is 9.10. The van der Waals surface area contributed by atoms with Gasteiger partial charge in [-0.05, 0) is 70.3 Å². The molecule has 0 radical (unpaired) electrons. The Labute approximate surface area is 287 Å². The number of imidazole rings is 1. The van der Waals surface area contributed by atoms with E-state index in [0.717, 1.165) is 55.8 Å². The van der Waals surface area contributed by atoms with E-state index in [-0.39, 0.29) is 11.9 Å². The van der Waals surface area contributed by atoms with E-state index in [2.05, 4.69) is 121 Å². The molecule has 6 aromatic carbocycles. The van der Waals surface area contributed by atoms with Crippen LogP contribution in [0.25, 0.3) is 53.5 Å². The van der Waals surface area contributed by atoms with Crippen LogP contribution in [0.1, 0.15) is 22.9 Å². The molecule has 0 saturated heterocycles. The Balaban J connectivity index is 1.12. The number of rotatable bonds is 5. The molecule has 2 aromatic heterocycles. The standard InChI is InChI=1S/C42H31N5OS/c1-46-35-20-18-30(25-36(35)47(2)42(46)48)28-13-9-15-32(23-28)41-44-39(26-10-4-3-5-11-26)43-40(45-41)31-14-8-12-27(22-31)29-19-21-38-34(24-29)33-16-6-7-17-37(33)49-38/h3-25,39H,1-2H3,(H,43,44,45). The predicted molar refractivity (Wildman–Crippen MR) is 204 cm³/mol. The zero-order chi connectivity index (χ0) is 33.1. The number of aryl methyl sites for hydroxylation is 2. The highest BCUT2D eigenvalue weighted by molar-refractivity contribution is 7.25. The van der Waals surface area contributed by atoms with E-state index in [0.29, 0.717) is 5.84 Å². The van der Waals surface area contributed by atoms with Crippen molar-refractivity contribution >= 4 is 54.2 Å². The molecule has 0 saturated carbocycles. The molecule has 1 aliphatic heterocycles. The molecule has 0 aliphatic carbocycles. The number of hydrogen-bond donors (Lipinski definition) is 1. The molecule has 1 unspecified atom stereocenters. The van der Waals surface area contributed by atoms with Crippen molar-refractivity contribution in [3.05, 3.63) is 167 Å². The van der Waals surface area contributed by atoms with Gasteiger partial charge in [0, 0.05) is 45.4 Å². The number of hydrogen-bond acceptors (Lipinski definition) is 5. The lowest BCUT2D eigenvalue weighted by Crippen LogP contribution is -2.33. The summed E-state index contributed by atoms with van der Waals surface area (Å²) in [5, 5.41) is 6.18. The maximum Gasteiger partial charge on any atom is 0.328 e. The van der Waals surface area contributed by atoms with Crippen LogP contribution in [-0.4, -0.2) is 20.8 Å². The third kappa shape index (κ3) is 5.07. The molecule has 9 rings (SSSR count). The van der Waals surface area contributed by atoms with E-state index < -0.39 is 0 Å². The van der Waals surface area contributed by atoms with Crippen molar-refractivity contribution in [1.29, 1.82) is 0 Å². The molecule has 8 aromatic rings. The highest BCUT2D eigenvalue weighted by Gasteiger charge is 2.22. The highest BCUT2D eigenvalue weighted by Crippen LogP contribution is 2.36. The van der Waals surface area contributed by atoms with Crippen LogP contribution in [-0.2, 0) is 14.1 Å². The molecule has 1 N–H and O–H groups in total. The number of fused-ring (bicyclic) bond motifs is 4. The second-order valence-electron chi connectivity index (χ2n) is 12.4. The lowest BCUT2D eigenvalue weighted by Gasteiger charge is -2.24. The topological polar surface area (TPSA) is 63.7 Å². The van der Waals surface area contributed by atoms with Crippen LogP contribution in [0.3, 0.4) is 0 Å². The van der Waals surface area contributed by atoms with Crippen LogP contribution in [0.2, 0.25) is 0 Å². The quantitative estimate of drug-likeness (QED) is 0.201. The van der Waals surface area contributed by atoms with Gasteiger partial charge in [-0.1, -0.05) is 97.1 Å². The molecule has 0 fully saturated rings. The molecule has 1 aliphatic rings. The van der Waals surface area contributed by atoms with Gasteiger partial charge in [0.05, 0.1) is 11.0 Å². The monoisotopic (exact) mass is 653 g/mol. The fourth-order valence-corrected chi connectivity index (χ4v) is 7.89. The average molecular weight is 654 g/mol. The lowest BCUT2D eigenvalue weighted by atomic mass is 10.00. The molecule has 1 atom stereocenters. The normalized spacial score (nSPS) is 14.6. The maximum absolute atomic E-state index is 12.6. The van der Waals surface area contributed by atoms with Crippen molar-refractivity contribution < 1.29 is 0 Å². The van der Waals surface area contributed by atoms with Gasteiger partial charge in [0.25, 0.3) is 0 Å². The zero-order valence-corrected chi connectivity index (χ0v) is 27.8. The second-order valence-corrected chi connectivity index (χ2v) is 13.5. The minimum absolute atomic E-state index is 0.0370. The van der Waals surface area contributed by atoms with Crippen LogP contribution in [0.4, 0.5) is 0 Å². The summed E-state index contributed by atoms with van der Waals surface area (Å²) in [6.07, 6.45) is -0.306. The van der Waals surface area contributed by atoms with Crippen molar-refractivity contribution in [2.75, 3.05) is 0 Å². The van der Waals surface area contributed by atoms with E-state index in [4.69, 9.17) is 9.98 Å². The average Bonchev–Trinajstić information content (AvgIpc) is 3.64. The molecular weight excluding hydrogens is 623 g/mol. The fourth-order valence-electron chi connectivity index (χ4n) is 6.81. The molecular formula is C42H31N5OS. The Morgan fingerprint density at radius 3 is 2.04 bits per heavy atom.